The quantitative estimate of drug-likeness (QED) is 0.252. The Morgan fingerprint density at radius 3 is 0.971 bits per heavy atom. The first kappa shape index (κ1) is 22.4. The standard InChI is InChI=1S/C22H20O12/c23-15-7-1-8-3-10(18(26)32-17(8)25)5-13-14(22(30)34-21(13)29)12-6-11(19(27)33-20(12)28)4-9(2-7)16(24)31-15/h7-14H,1-6H2. The molecule has 0 aromatic heterocycles. The Morgan fingerprint density at radius 1 is 0.353 bits per heavy atom. The number of hydrogen-bond donors (Lipinski definition) is 0. The van der Waals surface area contributed by atoms with Crippen molar-refractivity contribution in [3.8, 4) is 0 Å². The van der Waals surface area contributed by atoms with Gasteiger partial charge >= 0.3 is 47.8 Å². The van der Waals surface area contributed by atoms with E-state index in [2.05, 4.69) is 0 Å². The van der Waals surface area contributed by atoms with Gasteiger partial charge in [0.1, 0.15) is 0 Å². The van der Waals surface area contributed by atoms with Crippen molar-refractivity contribution in [3.63, 3.8) is 0 Å². The van der Waals surface area contributed by atoms with E-state index in [0.717, 1.165) is 0 Å². The lowest BCUT2D eigenvalue weighted by atomic mass is 9.70. The molecule has 0 amide bonds. The van der Waals surface area contributed by atoms with Crippen LogP contribution in [0.15, 0.2) is 0 Å². The van der Waals surface area contributed by atoms with Gasteiger partial charge in [-0.3, -0.25) is 38.4 Å². The van der Waals surface area contributed by atoms with Gasteiger partial charge in [0.2, 0.25) is 0 Å². The SMILES string of the molecule is O=C1OC(=O)C2CC1CC1CC(CC3C(=O)OC(=O)C3C3CC(C2)C(=O)OC3=O)C(=O)OC1=O. The maximum atomic E-state index is 12.6. The van der Waals surface area contributed by atoms with Crippen molar-refractivity contribution < 1.29 is 57.3 Å². The summed E-state index contributed by atoms with van der Waals surface area (Å²) in [5.74, 6) is -15.3. The molecule has 180 valence electrons. The molecule has 8 unspecified atom stereocenters. The second-order valence-corrected chi connectivity index (χ2v) is 9.60. The first-order valence-corrected chi connectivity index (χ1v) is 11.1. The fourth-order valence-electron chi connectivity index (χ4n) is 5.85. The zero-order valence-corrected chi connectivity index (χ0v) is 17.8. The van der Waals surface area contributed by atoms with Crippen LogP contribution in [-0.2, 0) is 57.3 Å². The van der Waals surface area contributed by atoms with Gasteiger partial charge in [-0.05, 0) is 38.5 Å². The Balaban J connectivity index is 1.54. The number of carbonyl (C=O) groups is 8. The molecule has 5 fully saturated rings. The molecule has 0 radical (unpaired) electrons. The Morgan fingerprint density at radius 2 is 0.618 bits per heavy atom. The number of rotatable bonds is 0. The molecule has 0 aromatic rings. The summed E-state index contributed by atoms with van der Waals surface area (Å²) >= 11 is 0. The van der Waals surface area contributed by atoms with Gasteiger partial charge in [-0.25, -0.2) is 0 Å². The lowest BCUT2D eigenvalue weighted by Gasteiger charge is -2.36. The van der Waals surface area contributed by atoms with Crippen LogP contribution in [-0.4, -0.2) is 47.8 Å². The van der Waals surface area contributed by atoms with Crippen LogP contribution in [0, 0.1) is 47.3 Å². The Bertz CT molecular complexity index is 1040. The van der Waals surface area contributed by atoms with Crippen molar-refractivity contribution in [3.05, 3.63) is 0 Å². The van der Waals surface area contributed by atoms with Gasteiger partial charge in [-0.2, -0.15) is 0 Å². The van der Waals surface area contributed by atoms with Crippen LogP contribution >= 0.6 is 0 Å². The Kier molecular flexibility index (Phi) is 5.33. The summed E-state index contributed by atoms with van der Waals surface area (Å²) in [6.07, 6.45) is -0.549. The summed E-state index contributed by atoms with van der Waals surface area (Å²) in [6.45, 7) is 0. The summed E-state index contributed by atoms with van der Waals surface area (Å²) in [7, 11) is 0. The Labute approximate surface area is 191 Å². The van der Waals surface area contributed by atoms with E-state index in [4.69, 9.17) is 18.9 Å². The molecule has 0 aromatic carbocycles. The van der Waals surface area contributed by atoms with Crippen LogP contribution < -0.4 is 0 Å². The van der Waals surface area contributed by atoms with Crippen LogP contribution in [0.25, 0.3) is 0 Å². The van der Waals surface area contributed by atoms with E-state index < -0.39 is 95.1 Å². The molecular weight excluding hydrogens is 456 g/mol. The molecule has 4 saturated heterocycles. The van der Waals surface area contributed by atoms with Gasteiger partial charge in [0, 0.05) is 0 Å². The molecule has 12 heteroatoms. The van der Waals surface area contributed by atoms with E-state index in [1.54, 1.807) is 0 Å². The van der Waals surface area contributed by atoms with Gasteiger partial charge in [-0.15, -0.1) is 0 Å². The first-order valence-electron chi connectivity index (χ1n) is 11.1. The van der Waals surface area contributed by atoms with Crippen LogP contribution in [0.1, 0.15) is 38.5 Å². The highest BCUT2D eigenvalue weighted by Gasteiger charge is 2.56. The molecule has 5 aliphatic rings. The molecule has 6 bridgehead atoms. The molecule has 1 aliphatic carbocycles. The average molecular weight is 476 g/mol. The summed E-state index contributed by atoms with van der Waals surface area (Å²) in [5, 5.41) is 0. The highest BCUT2D eigenvalue weighted by atomic mass is 16.6. The van der Waals surface area contributed by atoms with Crippen LogP contribution in [0.5, 0.6) is 0 Å². The fourth-order valence-corrected chi connectivity index (χ4v) is 5.85. The lowest BCUT2D eigenvalue weighted by molar-refractivity contribution is -0.179. The highest BCUT2D eigenvalue weighted by Crippen LogP contribution is 2.45. The monoisotopic (exact) mass is 476 g/mol. The van der Waals surface area contributed by atoms with E-state index in [9.17, 15) is 38.4 Å². The van der Waals surface area contributed by atoms with Crippen molar-refractivity contribution >= 4 is 47.8 Å². The molecular formula is C22H20O12. The van der Waals surface area contributed by atoms with Crippen LogP contribution in [0.3, 0.4) is 0 Å². The van der Waals surface area contributed by atoms with Gasteiger partial charge < -0.3 is 18.9 Å². The zero-order valence-electron chi connectivity index (χ0n) is 17.8. The normalized spacial score (nSPS) is 40.5. The van der Waals surface area contributed by atoms with E-state index in [-0.39, 0.29) is 38.5 Å². The highest BCUT2D eigenvalue weighted by molar-refractivity contribution is 6.01. The minimum atomic E-state index is -1.28. The van der Waals surface area contributed by atoms with Crippen molar-refractivity contribution in [1.29, 1.82) is 0 Å². The van der Waals surface area contributed by atoms with Gasteiger partial charge in [0.25, 0.3) is 0 Å². The molecule has 1 saturated carbocycles. The lowest BCUT2D eigenvalue weighted by Crippen LogP contribution is -2.46. The van der Waals surface area contributed by atoms with E-state index >= 15 is 0 Å². The van der Waals surface area contributed by atoms with Crippen molar-refractivity contribution in [2.45, 2.75) is 38.5 Å². The van der Waals surface area contributed by atoms with Crippen LogP contribution in [0.4, 0.5) is 0 Å². The topological polar surface area (TPSA) is 173 Å². The number of esters is 8. The molecule has 5 rings (SSSR count). The molecule has 8 atom stereocenters. The summed E-state index contributed by atoms with van der Waals surface area (Å²) in [6, 6.07) is 0. The number of hydrogen-bond acceptors (Lipinski definition) is 12. The smallest absolute Gasteiger partial charge is 0.318 e. The third kappa shape index (κ3) is 3.70. The fraction of sp³-hybridized carbons (Fsp3) is 0.636. The van der Waals surface area contributed by atoms with Crippen molar-refractivity contribution in [1.82, 2.24) is 0 Å². The number of carbonyl (C=O) groups excluding carboxylic acids is 8. The number of cyclic esters (lactones) is 8. The predicted molar refractivity (Wildman–Crippen MR) is 100 cm³/mol. The molecule has 0 spiro atoms. The van der Waals surface area contributed by atoms with Crippen molar-refractivity contribution in [2.24, 2.45) is 47.3 Å². The summed E-state index contributed by atoms with van der Waals surface area (Å²) in [5.41, 5.74) is 0. The zero-order chi connectivity index (χ0) is 24.3. The van der Waals surface area contributed by atoms with Crippen molar-refractivity contribution in [2.75, 3.05) is 0 Å². The molecule has 12 nitrogen and oxygen atoms in total. The summed E-state index contributed by atoms with van der Waals surface area (Å²) in [4.78, 5) is 99.5. The third-order valence-electron chi connectivity index (χ3n) is 7.57. The maximum Gasteiger partial charge on any atom is 0.318 e. The molecule has 4 aliphatic heterocycles. The maximum absolute atomic E-state index is 12.6. The van der Waals surface area contributed by atoms with Gasteiger partial charge in [0.05, 0.1) is 47.3 Å². The predicted octanol–water partition coefficient (Wildman–Crippen LogP) is -0.396. The largest absolute Gasteiger partial charge is 0.393 e. The number of fused-ring (bicyclic) bond motifs is 8. The van der Waals surface area contributed by atoms with E-state index in [0.29, 0.717) is 0 Å². The molecule has 34 heavy (non-hydrogen) atoms. The van der Waals surface area contributed by atoms with Gasteiger partial charge in [-0.1, -0.05) is 0 Å². The molecule has 0 N–H and O–H groups in total. The minimum absolute atomic E-state index is 0.00896. The van der Waals surface area contributed by atoms with Gasteiger partial charge in [0.15, 0.2) is 0 Å². The van der Waals surface area contributed by atoms with Crippen LogP contribution in [0.2, 0.25) is 0 Å². The summed E-state index contributed by atoms with van der Waals surface area (Å²) < 4.78 is 19.4. The second-order valence-electron chi connectivity index (χ2n) is 9.60. The Hall–Kier alpha value is -3.44. The van der Waals surface area contributed by atoms with E-state index in [1.165, 1.54) is 0 Å². The minimum Gasteiger partial charge on any atom is -0.393 e. The average Bonchev–Trinajstić information content (AvgIpc) is 3.03. The third-order valence-corrected chi connectivity index (χ3v) is 7.57. The second kappa shape index (κ2) is 8.10. The molecule has 4 heterocycles. The van der Waals surface area contributed by atoms with E-state index in [1.807, 2.05) is 0 Å². The first-order chi connectivity index (χ1) is 16.1. The number of ether oxygens (including phenoxy) is 4.